The number of carbonyl (C=O) groups excluding carboxylic acids is 1. The second-order valence-electron chi connectivity index (χ2n) is 7.21. The van der Waals surface area contributed by atoms with Gasteiger partial charge in [-0.1, -0.05) is 17.7 Å². The first-order valence-corrected chi connectivity index (χ1v) is 10.0. The van der Waals surface area contributed by atoms with Crippen molar-refractivity contribution < 1.29 is 22.4 Å². The third kappa shape index (κ3) is 2.49. The summed E-state index contributed by atoms with van der Waals surface area (Å²) in [5.41, 5.74) is 1.15. The summed E-state index contributed by atoms with van der Waals surface area (Å²) < 4.78 is 38.2. The van der Waals surface area contributed by atoms with E-state index < -0.39 is 15.4 Å². The molecule has 0 saturated carbocycles. The van der Waals surface area contributed by atoms with Gasteiger partial charge in [0.1, 0.15) is 5.76 Å². The van der Waals surface area contributed by atoms with Crippen LogP contribution in [0.25, 0.3) is 0 Å². The van der Waals surface area contributed by atoms with Crippen LogP contribution < -0.4 is 0 Å². The molecular formula is C19H21NO5S. The summed E-state index contributed by atoms with van der Waals surface area (Å²) in [7, 11) is -2.32. The standard InChI is InChI=1S/C19H21NO5S/c1-13-3-5-16(6-4-13)26(22,23)20-11-15-9-14-7-8-25-17(14)10-19(15,12-20)18(21)24-2/h3-8,15H,9-12H2,1-2H3/t15-,19-/m0/s1. The summed E-state index contributed by atoms with van der Waals surface area (Å²) >= 11 is 0. The van der Waals surface area contributed by atoms with E-state index in [1.165, 1.54) is 11.4 Å². The van der Waals surface area contributed by atoms with Gasteiger partial charge in [-0.15, -0.1) is 0 Å². The highest BCUT2D eigenvalue weighted by molar-refractivity contribution is 7.89. The number of ether oxygens (including phenoxy) is 1. The van der Waals surface area contributed by atoms with E-state index in [0.29, 0.717) is 19.4 Å². The third-order valence-corrected chi connectivity index (χ3v) is 7.52. The third-order valence-electron chi connectivity index (χ3n) is 5.69. The normalized spacial score (nSPS) is 25.5. The lowest BCUT2D eigenvalue weighted by Gasteiger charge is -2.34. The summed E-state index contributed by atoms with van der Waals surface area (Å²) in [6.07, 6.45) is 2.60. The van der Waals surface area contributed by atoms with Crippen molar-refractivity contribution in [1.82, 2.24) is 4.31 Å². The molecule has 2 aromatic rings. The first-order chi connectivity index (χ1) is 12.4. The maximum Gasteiger partial charge on any atom is 0.313 e. The molecule has 0 N–H and O–H groups in total. The van der Waals surface area contributed by atoms with Crippen molar-refractivity contribution in [3.63, 3.8) is 0 Å². The summed E-state index contributed by atoms with van der Waals surface area (Å²) in [4.78, 5) is 12.9. The van der Waals surface area contributed by atoms with Crippen LogP contribution in [0.1, 0.15) is 16.9 Å². The van der Waals surface area contributed by atoms with Crippen LogP contribution in [0, 0.1) is 18.3 Å². The van der Waals surface area contributed by atoms with Crippen molar-refractivity contribution in [1.29, 1.82) is 0 Å². The maximum atomic E-state index is 13.1. The molecule has 4 rings (SSSR count). The van der Waals surface area contributed by atoms with E-state index in [2.05, 4.69) is 0 Å². The lowest BCUT2D eigenvalue weighted by atomic mass is 9.68. The molecule has 0 unspecified atom stereocenters. The van der Waals surface area contributed by atoms with Gasteiger partial charge in [0.2, 0.25) is 10.0 Å². The molecule has 2 atom stereocenters. The molecule has 1 aromatic heterocycles. The maximum absolute atomic E-state index is 13.1. The predicted molar refractivity (Wildman–Crippen MR) is 94.0 cm³/mol. The van der Waals surface area contributed by atoms with E-state index in [4.69, 9.17) is 9.15 Å². The van der Waals surface area contributed by atoms with Gasteiger partial charge >= 0.3 is 5.97 Å². The highest BCUT2D eigenvalue weighted by Gasteiger charge is 2.58. The monoisotopic (exact) mass is 375 g/mol. The molecule has 1 aliphatic carbocycles. The molecule has 1 saturated heterocycles. The van der Waals surface area contributed by atoms with Gasteiger partial charge in [-0.05, 0) is 43.0 Å². The molecule has 1 aliphatic heterocycles. The number of sulfonamides is 1. The SMILES string of the molecule is COC(=O)[C@]12Cc3occc3C[C@H]1CN(S(=O)(=O)c1ccc(C)cc1)C2. The molecule has 1 aromatic carbocycles. The molecule has 7 heteroatoms. The van der Waals surface area contributed by atoms with Gasteiger partial charge in [-0.25, -0.2) is 8.42 Å². The Morgan fingerprint density at radius 3 is 2.69 bits per heavy atom. The van der Waals surface area contributed by atoms with Crippen molar-refractivity contribution in [2.75, 3.05) is 20.2 Å². The number of benzene rings is 1. The molecule has 2 heterocycles. The first kappa shape index (κ1) is 17.3. The van der Waals surface area contributed by atoms with Crippen molar-refractivity contribution in [2.24, 2.45) is 11.3 Å². The number of hydrogen-bond acceptors (Lipinski definition) is 5. The smallest absolute Gasteiger partial charge is 0.313 e. The van der Waals surface area contributed by atoms with E-state index in [-0.39, 0.29) is 23.3 Å². The van der Waals surface area contributed by atoms with Gasteiger partial charge in [0.25, 0.3) is 0 Å². The number of nitrogens with zero attached hydrogens (tertiary/aromatic N) is 1. The average Bonchev–Trinajstić information content (AvgIpc) is 3.23. The van der Waals surface area contributed by atoms with Gasteiger partial charge in [0.15, 0.2) is 0 Å². The molecule has 0 bridgehead atoms. The van der Waals surface area contributed by atoms with Gasteiger partial charge in [0, 0.05) is 19.5 Å². The zero-order valence-corrected chi connectivity index (χ0v) is 15.6. The fourth-order valence-electron chi connectivity index (χ4n) is 4.19. The number of rotatable bonds is 3. The highest BCUT2D eigenvalue weighted by Crippen LogP contribution is 2.47. The van der Waals surface area contributed by atoms with E-state index >= 15 is 0 Å². The molecule has 6 nitrogen and oxygen atoms in total. The van der Waals surface area contributed by atoms with Crippen molar-refractivity contribution >= 4 is 16.0 Å². The Bertz CT molecular complexity index is 947. The number of fused-ring (bicyclic) bond motifs is 2. The van der Waals surface area contributed by atoms with Crippen LogP contribution in [0.15, 0.2) is 45.9 Å². The van der Waals surface area contributed by atoms with Crippen molar-refractivity contribution in [2.45, 2.75) is 24.7 Å². The Kier molecular flexibility index (Phi) is 3.96. The summed E-state index contributed by atoms with van der Waals surface area (Å²) in [5.74, 6) is 0.257. The highest BCUT2D eigenvalue weighted by atomic mass is 32.2. The summed E-state index contributed by atoms with van der Waals surface area (Å²) in [6, 6.07) is 8.68. The van der Waals surface area contributed by atoms with E-state index in [1.54, 1.807) is 30.5 Å². The fourth-order valence-corrected chi connectivity index (χ4v) is 5.75. The van der Waals surface area contributed by atoms with Crippen LogP contribution in [0.5, 0.6) is 0 Å². The lowest BCUT2D eigenvalue weighted by molar-refractivity contribution is -0.155. The topological polar surface area (TPSA) is 76.8 Å². The Morgan fingerprint density at radius 2 is 2.00 bits per heavy atom. The minimum atomic E-state index is -3.67. The summed E-state index contributed by atoms with van der Waals surface area (Å²) in [6.45, 7) is 2.32. The minimum Gasteiger partial charge on any atom is -0.469 e. The van der Waals surface area contributed by atoms with Gasteiger partial charge < -0.3 is 9.15 Å². The Hall–Kier alpha value is -2.12. The zero-order valence-electron chi connectivity index (χ0n) is 14.8. The van der Waals surface area contributed by atoms with Crippen molar-refractivity contribution in [3.8, 4) is 0 Å². The Labute approximate surface area is 152 Å². The number of aryl methyl sites for hydroxylation is 1. The second kappa shape index (κ2) is 5.96. The van der Waals surface area contributed by atoms with Crippen LogP contribution in [0.4, 0.5) is 0 Å². The molecule has 2 aliphatic rings. The number of esters is 1. The van der Waals surface area contributed by atoms with Crippen LogP contribution in [-0.2, 0) is 32.4 Å². The Morgan fingerprint density at radius 1 is 1.27 bits per heavy atom. The Balaban J connectivity index is 1.71. The van der Waals surface area contributed by atoms with E-state index in [1.807, 2.05) is 13.0 Å². The zero-order chi connectivity index (χ0) is 18.5. The van der Waals surface area contributed by atoms with E-state index in [0.717, 1.165) is 16.9 Å². The molecule has 26 heavy (non-hydrogen) atoms. The minimum absolute atomic E-state index is 0.112. The van der Waals surface area contributed by atoms with Crippen LogP contribution in [0.3, 0.4) is 0 Å². The number of methoxy groups -OCH3 is 1. The molecule has 138 valence electrons. The number of carbonyl (C=O) groups is 1. The molecule has 0 radical (unpaired) electrons. The van der Waals surface area contributed by atoms with Gasteiger partial charge in [-0.2, -0.15) is 4.31 Å². The second-order valence-corrected chi connectivity index (χ2v) is 9.14. The number of hydrogen-bond donors (Lipinski definition) is 0. The van der Waals surface area contributed by atoms with Crippen molar-refractivity contribution in [3.05, 3.63) is 53.5 Å². The first-order valence-electron chi connectivity index (χ1n) is 8.57. The lowest BCUT2D eigenvalue weighted by Crippen LogP contribution is -2.45. The molecule has 0 spiro atoms. The quantitative estimate of drug-likeness (QED) is 0.769. The molecular weight excluding hydrogens is 354 g/mol. The number of furan rings is 1. The predicted octanol–water partition coefficient (Wildman–Crippen LogP) is 2.17. The van der Waals surface area contributed by atoms with Crippen LogP contribution in [-0.4, -0.2) is 38.9 Å². The summed E-state index contributed by atoms with van der Waals surface area (Å²) in [5, 5.41) is 0. The average molecular weight is 375 g/mol. The molecule has 0 amide bonds. The van der Waals surface area contributed by atoms with E-state index in [9.17, 15) is 13.2 Å². The molecule has 1 fully saturated rings. The van der Waals surface area contributed by atoms with Gasteiger partial charge in [0.05, 0.1) is 23.7 Å². The van der Waals surface area contributed by atoms with Crippen LogP contribution >= 0.6 is 0 Å². The fraction of sp³-hybridized carbons (Fsp3) is 0.421. The van der Waals surface area contributed by atoms with Gasteiger partial charge in [-0.3, -0.25) is 4.79 Å². The largest absolute Gasteiger partial charge is 0.469 e. The van der Waals surface area contributed by atoms with Crippen LogP contribution in [0.2, 0.25) is 0 Å².